The highest BCUT2D eigenvalue weighted by Gasteiger charge is 2.30. The zero-order valence-corrected chi connectivity index (χ0v) is 9.95. The largest absolute Gasteiger partial charge is 0.494 e. The van der Waals surface area contributed by atoms with Crippen LogP contribution in [0.3, 0.4) is 0 Å². The molecule has 1 unspecified atom stereocenters. The molecule has 0 amide bonds. The normalized spacial score (nSPS) is 24.4. The Morgan fingerprint density at radius 2 is 2.19 bits per heavy atom. The van der Waals surface area contributed by atoms with Crippen LogP contribution in [0.4, 0.5) is 0 Å². The Labute approximate surface area is 96.8 Å². The van der Waals surface area contributed by atoms with Crippen molar-refractivity contribution in [3.63, 3.8) is 0 Å². The Morgan fingerprint density at radius 3 is 2.88 bits per heavy atom. The second-order valence-corrected chi connectivity index (χ2v) is 4.39. The molecule has 16 heavy (non-hydrogen) atoms. The second kappa shape index (κ2) is 4.74. The van der Waals surface area contributed by atoms with E-state index in [9.17, 15) is 0 Å². The van der Waals surface area contributed by atoms with Gasteiger partial charge in [0, 0.05) is 19.0 Å². The fourth-order valence-corrected chi connectivity index (χ4v) is 1.96. The molecule has 1 heterocycles. The van der Waals surface area contributed by atoms with Gasteiger partial charge in [-0.15, -0.1) is 0 Å². The Hall–Kier alpha value is -1.22. The lowest BCUT2D eigenvalue weighted by molar-refractivity contribution is 0.110. The van der Waals surface area contributed by atoms with Crippen LogP contribution in [0.25, 0.3) is 0 Å². The number of nitrogens with one attached hydrogen (secondary N) is 1. The molecule has 0 radical (unpaired) electrons. The SMILES string of the molecule is CCOc1cccc(OC2(C)CCNC2)c1. The minimum Gasteiger partial charge on any atom is -0.494 e. The molecule has 1 aliphatic rings. The average molecular weight is 221 g/mol. The standard InChI is InChI=1S/C13H19NO2/c1-3-15-11-5-4-6-12(9-11)16-13(2)7-8-14-10-13/h4-6,9,14H,3,7-8,10H2,1-2H3. The van der Waals surface area contributed by atoms with Crippen LogP contribution in [0.5, 0.6) is 11.5 Å². The summed E-state index contributed by atoms with van der Waals surface area (Å²) in [6.45, 7) is 6.74. The van der Waals surface area contributed by atoms with Crippen molar-refractivity contribution in [3.05, 3.63) is 24.3 Å². The molecule has 0 saturated carbocycles. The van der Waals surface area contributed by atoms with Gasteiger partial charge in [0.15, 0.2) is 0 Å². The molecule has 88 valence electrons. The maximum Gasteiger partial charge on any atom is 0.123 e. The number of hydrogen-bond donors (Lipinski definition) is 1. The Balaban J connectivity index is 2.05. The fraction of sp³-hybridized carbons (Fsp3) is 0.538. The van der Waals surface area contributed by atoms with Crippen molar-refractivity contribution in [2.75, 3.05) is 19.7 Å². The quantitative estimate of drug-likeness (QED) is 0.845. The summed E-state index contributed by atoms with van der Waals surface area (Å²) in [5.74, 6) is 1.76. The zero-order valence-electron chi connectivity index (χ0n) is 9.95. The Kier molecular flexibility index (Phi) is 3.34. The molecule has 1 aliphatic heterocycles. The average Bonchev–Trinajstić information content (AvgIpc) is 2.66. The molecule has 1 saturated heterocycles. The molecule has 1 aromatic carbocycles. The van der Waals surface area contributed by atoms with Gasteiger partial charge in [0.05, 0.1) is 6.61 Å². The molecule has 0 aromatic heterocycles. The van der Waals surface area contributed by atoms with Crippen LogP contribution < -0.4 is 14.8 Å². The third-order valence-corrected chi connectivity index (χ3v) is 2.81. The molecule has 3 nitrogen and oxygen atoms in total. The maximum absolute atomic E-state index is 6.01. The number of ether oxygens (including phenoxy) is 2. The van der Waals surface area contributed by atoms with Crippen molar-refractivity contribution >= 4 is 0 Å². The maximum atomic E-state index is 6.01. The van der Waals surface area contributed by atoms with Crippen molar-refractivity contribution in [2.24, 2.45) is 0 Å². The van der Waals surface area contributed by atoms with Gasteiger partial charge < -0.3 is 14.8 Å². The summed E-state index contributed by atoms with van der Waals surface area (Å²) < 4.78 is 11.5. The number of benzene rings is 1. The van der Waals surface area contributed by atoms with Gasteiger partial charge in [-0.2, -0.15) is 0 Å². The van der Waals surface area contributed by atoms with Crippen LogP contribution in [0, 0.1) is 0 Å². The number of hydrogen-bond acceptors (Lipinski definition) is 3. The second-order valence-electron chi connectivity index (χ2n) is 4.39. The van der Waals surface area contributed by atoms with E-state index in [0.717, 1.165) is 31.0 Å². The lowest BCUT2D eigenvalue weighted by atomic mass is 10.1. The molecule has 3 heteroatoms. The van der Waals surface area contributed by atoms with Gasteiger partial charge in [-0.3, -0.25) is 0 Å². The summed E-state index contributed by atoms with van der Waals surface area (Å²) >= 11 is 0. The van der Waals surface area contributed by atoms with Crippen LogP contribution in [-0.4, -0.2) is 25.3 Å². The predicted octanol–water partition coefficient (Wildman–Crippen LogP) is 2.22. The first-order chi connectivity index (χ1) is 7.72. The van der Waals surface area contributed by atoms with E-state index in [4.69, 9.17) is 9.47 Å². The summed E-state index contributed by atoms with van der Waals surface area (Å²) in [4.78, 5) is 0. The monoisotopic (exact) mass is 221 g/mol. The first kappa shape index (κ1) is 11.3. The van der Waals surface area contributed by atoms with E-state index in [-0.39, 0.29) is 5.60 Å². The van der Waals surface area contributed by atoms with Crippen molar-refractivity contribution < 1.29 is 9.47 Å². The fourth-order valence-electron chi connectivity index (χ4n) is 1.96. The van der Waals surface area contributed by atoms with Crippen LogP contribution in [-0.2, 0) is 0 Å². The van der Waals surface area contributed by atoms with Crippen molar-refractivity contribution in [2.45, 2.75) is 25.9 Å². The van der Waals surface area contributed by atoms with E-state index in [1.165, 1.54) is 0 Å². The predicted molar refractivity (Wildman–Crippen MR) is 64.1 cm³/mol. The summed E-state index contributed by atoms with van der Waals surface area (Å²) in [6, 6.07) is 7.84. The van der Waals surface area contributed by atoms with Crippen molar-refractivity contribution in [1.29, 1.82) is 0 Å². The smallest absolute Gasteiger partial charge is 0.123 e. The highest BCUT2D eigenvalue weighted by molar-refractivity contribution is 5.33. The third kappa shape index (κ3) is 2.67. The molecule has 1 fully saturated rings. The summed E-state index contributed by atoms with van der Waals surface area (Å²) in [7, 11) is 0. The lowest BCUT2D eigenvalue weighted by Gasteiger charge is -2.25. The van der Waals surface area contributed by atoms with Gasteiger partial charge in [0.1, 0.15) is 17.1 Å². The minimum absolute atomic E-state index is 0.0785. The topological polar surface area (TPSA) is 30.5 Å². The van der Waals surface area contributed by atoms with Gasteiger partial charge in [0.2, 0.25) is 0 Å². The van der Waals surface area contributed by atoms with Gasteiger partial charge >= 0.3 is 0 Å². The minimum atomic E-state index is -0.0785. The first-order valence-electron chi connectivity index (χ1n) is 5.84. The number of rotatable bonds is 4. The third-order valence-electron chi connectivity index (χ3n) is 2.81. The molecule has 0 spiro atoms. The molecular formula is C13H19NO2. The molecule has 0 aliphatic carbocycles. The van der Waals surface area contributed by atoms with Crippen LogP contribution in [0.15, 0.2) is 24.3 Å². The molecule has 2 rings (SSSR count). The Bertz CT molecular complexity index is 346. The summed E-state index contributed by atoms with van der Waals surface area (Å²) in [6.07, 6.45) is 1.05. The highest BCUT2D eigenvalue weighted by Crippen LogP contribution is 2.26. The van der Waals surface area contributed by atoms with E-state index < -0.39 is 0 Å². The van der Waals surface area contributed by atoms with Crippen LogP contribution in [0.1, 0.15) is 20.3 Å². The molecule has 1 atom stereocenters. The van der Waals surface area contributed by atoms with E-state index in [0.29, 0.717) is 6.61 Å². The lowest BCUT2D eigenvalue weighted by Crippen LogP contribution is -2.34. The van der Waals surface area contributed by atoms with Gasteiger partial charge in [-0.05, 0) is 32.5 Å². The van der Waals surface area contributed by atoms with E-state index in [2.05, 4.69) is 12.2 Å². The van der Waals surface area contributed by atoms with E-state index in [1.54, 1.807) is 0 Å². The summed E-state index contributed by atoms with van der Waals surface area (Å²) in [5, 5.41) is 3.32. The highest BCUT2D eigenvalue weighted by atomic mass is 16.5. The van der Waals surface area contributed by atoms with Crippen LogP contribution >= 0.6 is 0 Å². The van der Waals surface area contributed by atoms with Crippen LogP contribution in [0.2, 0.25) is 0 Å². The van der Waals surface area contributed by atoms with Gasteiger partial charge in [-0.1, -0.05) is 6.07 Å². The van der Waals surface area contributed by atoms with Crippen molar-refractivity contribution in [1.82, 2.24) is 5.32 Å². The van der Waals surface area contributed by atoms with Gasteiger partial charge in [-0.25, -0.2) is 0 Å². The van der Waals surface area contributed by atoms with E-state index >= 15 is 0 Å². The summed E-state index contributed by atoms with van der Waals surface area (Å²) in [5.41, 5.74) is -0.0785. The molecule has 1 N–H and O–H groups in total. The first-order valence-corrected chi connectivity index (χ1v) is 5.84. The van der Waals surface area contributed by atoms with Crippen molar-refractivity contribution in [3.8, 4) is 11.5 Å². The molecular weight excluding hydrogens is 202 g/mol. The molecule has 0 bridgehead atoms. The van der Waals surface area contributed by atoms with Gasteiger partial charge in [0.25, 0.3) is 0 Å². The zero-order chi connectivity index (χ0) is 11.4. The molecule has 1 aromatic rings. The Morgan fingerprint density at radius 1 is 1.38 bits per heavy atom. The van der Waals surface area contributed by atoms with E-state index in [1.807, 2.05) is 31.2 Å².